The molecule has 0 bridgehead atoms. The standard InChI is InChI=1S/C18H21N3O/c1-13-7-8-15(19)11-16(13)18(22)21-10-9-20(2)12-14-5-3-4-6-17(14)21/h3-8,11H,9-10,12,19H2,1-2H3. The number of carbonyl (C=O) groups is 1. The van der Waals surface area contributed by atoms with Crippen LogP contribution in [0.25, 0.3) is 0 Å². The summed E-state index contributed by atoms with van der Waals surface area (Å²) < 4.78 is 0. The summed E-state index contributed by atoms with van der Waals surface area (Å²) in [5.74, 6) is 0.0209. The lowest BCUT2D eigenvalue weighted by molar-refractivity contribution is 0.0985. The van der Waals surface area contributed by atoms with E-state index in [1.807, 2.05) is 42.2 Å². The van der Waals surface area contributed by atoms with Gasteiger partial charge in [0, 0.05) is 36.6 Å². The van der Waals surface area contributed by atoms with Crippen molar-refractivity contribution >= 4 is 17.3 Å². The first kappa shape index (κ1) is 14.6. The molecule has 0 fully saturated rings. The van der Waals surface area contributed by atoms with Crippen LogP contribution in [0.3, 0.4) is 0 Å². The Morgan fingerprint density at radius 3 is 2.73 bits per heavy atom. The number of anilines is 2. The molecule has 2 N–H and O–H groups in total. The lowest BCUT2D eigenvalue weighted by Crippen LogP contribution is -2.35. The Hall–Kier alpha value is -2.33. The van der Waals surface area contributed by atoms with Gasteiger partial charge in [0.15, 0.2) is 0 Å². The molecule has 1 aliphatic rings. The number of nitrogens with zero attached hydrogens (tertiary/aromatic N) is 2. The molecular formula is C18H21N3O. The van der Waals surface area contributed by atoms with Crippen LogP contribution < -0.4 is 10.6 Å². The van der Waals surface area contributed by atoms with Gasteiger partial charge in [0.25, 0.3) is 5.91 Å². The maximum Gasteiger partial charge on any atom is 0.258 e. The van der Waals surface area contributed by atoms with Gasteiger partial charge in [0.1, 0.15) is 0 Å². The number of carbonyl (C=O) groups excluding carboxylic acids is 1. The van der Waals surface area contributed by atoms with E-state index in [0.717, 1.165) is 24.3 Å². The second-order valence-electron chi connectivity index (χ2n) is 5.90. The highest BCUT2D eigenvalue weighted by Gasteiger charge is 2.24. The summed E-state index contributed by atoms with van der Waals surface area (Å²) in [7, 11) is 2.08. The molecule has 1 aliphatic heterocycles. The smallest absolute Gasteiger partial charge is 0.258 e. The highest BCUT2D eigenvalue weighted by molar-refractivity contribution is 6.08. The van der Waals surface area contributed by atoms with Crippen LogP contribution in [-0.2, 0) is 6.54 Å². The third kappa shape index (κ3) is 2.70. The Kier molecular flexibility index (Phi) is 3.86. The van der Waals surface area contributed by atoms with E-state index >= 15 is 0 Å². The Bertz CT molecular complexity index is 711. The topological polar surface area (TPSA) is 49.6 Å². The molecule has 22 heavy (non-hydrogen) atoms. The molecule has 0 saturated heterocycles. The van der Waals surface area contributed by atoms with Gasteiger partial charge >= 0.3 is 0 Å². The van der Waals surface area contributed by atoms with E-state index in [2.05, 4.69) is 18.0 Å². The van der Waals surface area contributed by atoms with Crippen LogP contribution in [0.15, 0.2) is 42.5 Å². The molecule has 2 aromatic carbocycles. The molecule has 0 aliphatic carbocycles. The number of nitrogens with two attached hydrogens (primary N) is 1. The quantitative estimate of drug-likeness (QED) is 0.823. The van der Waals surface area contributed by atoms with Crippen molar-refractivity contribution in [3.05, 3.63) is 59.2 Å². The van der Waals surface area contributed by atoms with Gasteiger partial charge in [-0.3, -0.25) is 4.79 Å². The summed E-state index contributed by atoms with van der Waals surface area (Å²) in [6.07, 6.45) is 0. The summed E-state index contributed by atoms with van der Waals surface area (Å²) >= 11 is 0. The predicted molar refractivity (Wildman–Crippen MR) is 90.0 cm³/mol. The van der Waals surface area contributed by atoms with Gasteiger partial charge in [-0.25, -0.2) is 0 Å². The zero-order valence-corrected chi connectivity index (χ0v) is 13.0. The number of likely N-dealkylation sites (N-methyl/N-ethyl adjacent to an activating group) is 1. The number of fused-ring (bicyclic) bond motifs is 1. The first-order valence-electron chi connectivity index (χ1n) is 7.50. The largest absolute Gasteiger partial charge is 0.399 e. The summed E-state index contributed by atoms with van der Waals surface area (Å²) in [6.45, 7) is 4.33. The van der Waals surface area contributed by atoms with E-state index in [9.17, 15) is 4.79 Å². The SMILES string of the molecule is Cc1ccc(N)cc1C(=O)N1CCN(C)Cc2ccccc21. The van der Waals surface area contributed by atoms with Gasteiger partial charge in [-0.2, -0.15) is 0 Å². The molecule has 0 saturated carbocycles. The lowest BCUT2D eigenvalue weighted by atomic mass is 10.1. The van der Waals surface area contributed by atoms with E-state index in [0.29, 0.717) is 17.8 Å². The monoisotopic (exact) mass is 295 g/mol. The Morgan fingerprint density at radius 2 is 1.91 bits per heavy atom. The minimum absolute atomic E-state index is 0.0209. The molecule has 2 aromatic rings. The Balaban J connectivity index is 2.04. The number of amides is 1. The fourth-order valence-electron chi connectivity index (χ4n) is 2.90. The predicted octanol–water partition coefficient (Wildman–Crippen LogP) is 2.67. The maximum absolute atomic E-state index is 13.0. The van der Waals surface area contributed by atoms with E-state index in [4.69, 9.17) is 5.73 Å². The van der Waals surface area contributed by atoms with Crippen molar-refractivity contribution in [3.8, 4) is 0 Å². The number of rotatable bonds is 1. The van der Waals surface area contributed by atoms with E-state index in [1.165, 1.54) is 5.56 Å². The highest BCUT2D eigenvalue weighted by Crippen LogP contribution is 2.27. The summed E-state index contributed by atoms with van der Waals surface area (Å²) in [4.78, 5) is 17.2. The Morgan fingerprint density at radius 1 is 1.14 bits per heavy atom. The zero-order valence-electron chi connectivity index (χ0n) is 13.0. The van der Waals surface area contributed by atoms with Crippen LogP contribution in [0.4, 0.5) is 11.4 Å². The molecular weight excluding hydrogens is 274 g/mol. The normalized spacial score (nSPS) is 15.3. The summed E-state index contributed by atoms with van der Waals surface area (Å²) in [5, 5.41) is 0. The number of para-hydroxylation sites is 1. The number of benzene rings is 2. The Labute approximate surface area is 131 Å². The minimum atomic E-state index is 0.0209. The van der Waals surface area contributed by atoms with Crippen molar-refractivity contribution in [2.75, 3.05) is 30.8 Å². The van der Waals surface area contributed by atoms with E-state index < -0.39 is 0 Å². The third-order valence-electron chi connectivity index (χ3n) is 4.17. The average Bonchev–Trinajstić information content (AvgIpc) is 2.67. The number of hydrogen-bond acceptors (Lipinski definition) is 3. The average molecular weight is 295 g/mol. The van der Waals surface area contributed by atoms with Crippen molar-refractivity contribution in [2.45, 2.75) is 13.5 Å². The van der Waals surface area contributed by atoms with Gasteiger partial charge in [-0.15, -0.1) is 0 Å². The molecule has 4 heteroatoms. The van der Waals surface area contributed by atoms with Crippen molar-refractivity contribution in [2.24, 2.45) is 0 Å². The molecule has 114 valence electrons. The van der Waals surface area contributed by atoms with Crippen LogP contribution in [0, 0.1) is 6.92 Å². The van der Waals surface area contributed by atoms with Crippen molar-refractivity contribution in [1.29, 1.82) is 0 Å². The molecule has 1 heterocycles. The first-order valence-corrected chi connectivity index (χ1v) is 7.50. The van der Waals surface area contributed by atoms with Crippen LogP contribution >= 0.6 is 0 Å². The minimum Gasteiger partial charge on any atom is -0.399 e. The molecule has 3 rings (SSSR count). The molecule has 4 nitrogen and oxygen atoms in total. The second-order valence-corrected chi connectivity index (χ2v) is 5.90. The highest BCUT2D eigenvalue weighted by atomic mass is 16.2. The van der Waals surface area contributed by atoms with Gasteiger partial charge in [0.05, 0.1) is 0 Å². The lowest BCUT2D eigenvalue weighted by Gasteiger charge is -2.23. The molecule has 0 atom stereocenters. The maximum atomic E-state index is 13.0. The zero-order chi connectivity index (χ0) is 15.7. The van der Waals surface area contributed by atoms with E-state index in [1.54, 1.807) is 6.07 Å². The fourth-order valence-corrected chi connectivity index (χ4v) is 2.90. The van der Waals surface area contributed by atoms with Crippen molar-refractivity contribution < 1.29 is 4.79 Å². The molecule has 1 amide bonds. The molecule has 0 spiro atoms. The van der Waals surface area contributed by atoms with Crippen LogP contribution in [0.2, 0.25) is 0 Å². The van der Waals surface area contributed by atoms with E-state index in [-0.39, 0.29) is 5.91 Å². The second kappa shape index (κ2) is 5.81. The van der Waals surface area contributed by atoms with Gasteiger partial charge in [0.2, 0.25) is 0 Å². The van der Waals surface area contributed by atoms with Crippen LogP contribution in [-0.4, -0.2) is 30.9 Å². The van der Waals surface area contributed by atoms with Crippen molar-refractivity contribution in [1.82, 2.24) is 4.90 Å². The molecule has 0 unspecified atom stereocenters. The number of hydrogen-bond donors (Lipinski definition) is 1. The molecule has 0 radical (unpaired) electrons. The number of aryl methyl sites for hydroxylation is 1. The first-order chi connectivity index (χ1) is 10.6. The van der Waals surface area contributed by atoms with Crippen LogP contribution in [0.1, 0.15) is 21.5 Å². The van der Waals surface area contributed by atoms with Crippen molar-refractivity contribution in [3.63, 3.8) is 0 Å². The summed E-state index contributed by atoms with van der Waals surface area (Å²) in [6, 6.07) is 13.6. The summed E-state index contributed by atoms with van der Waals surface area (Å²) in [5.41, 5.74) is 10.3. The van der Waals surface area contributed by atoms with Gasteiger partial charge in [-0.05, 0) is 43.3 Å². The van der Waals surface area contributed by atoms with Gasteiger partial charge < -0.3 is 15.5 Å². The van der Waals surface area contributed by atoms with Crippen LogP contribution in [0.5, 0.6) is 0 Å². The third-order valence-corrected chi connectivity index (χ3v) is 4.17. The van der Waals surface area contributed by atoms with Gasteiger partial charge in [-0.1, -0.05) is 24.3 Å². The number of nitrogen functional groups attached to an aromatic ring is 1. The fraction of sp³-hybridized carbons (Fsp3) is 0.278. The molecule has 0 aromatic heterocycles.